The Hall–Kier alpha value is -3.83. The summed E-state index contributed by atoms with van der Waals surface area (Å²) in [6.07, 6.45) is 1.82. The molecule has 1 fully saturated rings. The lowest BCUT2D eigenvalue weighted by Gasteiger charge is -2.31. The molecule has 0 spiro atoms. The van der Waals surface area contributed by atoms with Crippen LogP contribution in [0, 0.1) is 17.1 Å². The molecule has 2 aromatic heterocycles. The highest BCUT2D eigenvalue weighted by Crippen LogP contribution is 2.35. The normalized spacial score (nSPS) is 14.6. The van der Waals surface area contributed by atoms with Gasteiger partial charge in [0, 0.05) is 37.3 Å². The van der Waals surface area contributed by atoms with E-state index in [4.69, 9.17) is 16.0 Å². The van der Waals surface area contributed by atoms with Gasteiger partial charge in [0.05, 0.1) is 16.8 Å². The van der Waals surface area contributed by atoms with E-state index < -0.39 is 5.82 Å². The second-order valence-electron chi connectivity index (χ2n) is 8.11. The Morgan fingerprint density at radius 2 is 1.84 bits per heavy atom. The first kappa shape index (κ1) is 20.1. The molecule has 0 aliphatic carbocycles. The number of nitrogens with zero attached hydrogens (tertiary/aromatic N) is 6. The van der Waals surface area contributed by atoms with Gasteiger partial charge < -0.3 is 10.6 Å². The standard InChI is InChI=1S/C24H22FN7/c1-31-22-6-4-15(13-21(22)29-30-31)19-5-7-23(32-10-8-18(27)9-11-32)28-24(19)16-2-3-17(14-26)20(25)12-16/h2-7,12-13,18H,8-11,27H2,1H3. The molecule has 2 N–H and O–H groups in total. The summed E-state index contributed by atoms with van der Waals surface area (Å²) < 4.78 is 16.2. The molecule has 7 nitrogen and oxygen atoms in total. The van der Waals surface area contributed by atoms with E-state index in [-0.39, 0.29) is 11.6 Å². The number of aryl methyl sites for hydroxylation is 1. The molecule has 3 heterocycles. The van der Waals surface area contributed by atoms with Crippen molar-refractivity contribution < 1.29 is 4.39 Å². The molecule has 4 aromatic rings. The third-order valence-corrected chi connectivity index (χ3v) is 6.03. The molecule has 0 saturated carbocycles. The number of piperidine rings is 1. The molecular weight excluding hydrogens is 405 g/mol. The third-order valence-electron chi connectivity index (χ3n) is 6.03. The van der Waals surface area contributed by atoms with E-state index in [9.17, 15) is 4.39 Å². The SMILES string of the molecule is Cn1nnc2cc(-c3ccc(N4CCC(N)CC4)nc3-c3ccc(C#N)c(F)c3)ccc21. The van der Waals surface area contributed by atoms with Gasteiger partial charge in [0.15, 0.2) is 0 Å². The van der Waals surface area contributed by atoms with E-state index in [1.165, 1.54) is 12.1 Å². The largest absolute Gasteiger partial charge is 0.356 e. The lowest BCUT2D eigenvalue weighted by atomic mass is 9.97. The lowest BCUT2D eigenvalue weighted by Crippen LogP contribution is -2.40. The highest BCUT2D eigenvalue weighted by molar-refractivity contribution is 5.87. The predicted octanol–water partition coefficient (Wildman–Crippen LogP) is 3.64. The van der Waals surface area contributed by atoms with Crippen molar-refractivity contribution in [2.45, 2.75) is 18.9 Å². The Kier molecular flexibility index (Phi) is 5.04. The van der Waals surface area contributed by atoms with Crippen LogP contribution in [0.3, 0.4) is 0 Å². The molecule has 0 radical (unpaired) electrons. The quantitative estimate of drug-likeness (QED) is 0.536. The smallest absolute Gasteiger partial charge is 0.141 e. The Labute approximate surface area is 184 Å². The van der Waals surface area contributed by atoms with Crippen molar-refractivity contribution in [3.63, 3.8) is 0 Å². The molecule has 0 unspecified atom stereocenters. The van der Waals surface area contributed by atoms with Gasteiger partial charge in [0.2, 0.25) is 0 Å². The molecule has 5 rings (SSSR count). The fourth-order valence-electron chi connectivity index (χ4n) is 4.17. The van der Waals surface area contributed by atoms with Crippen LogP contribution in [0.25, 0.3) is 33.4 Å². The number of fused-ring (bicyclic) bond motifs is 1. The van der Waals surface area contributed by atoms with Gasteiger partial charge >= 0.3 is 0 Å². The second-order valence-corrected chi connectivity index (χ2v) is 8.11. The number of rotatable bonds is 3. The molecule has 160 valence electrons. The molecule has 0 bridgehead atoms. The van der Waals surface area contributed by atoms with E-state index in [1.54, 1.807) is 10.7 Å². The molecule has 2 aromatic carbocycles. The number of nitrogens with two attached hydrogens (primary N) is 1. The zero-order valence-electron chi connectivity index (χ0n) is 17.7. The fourth-order valence-corrected chi connectivity index (χ4v) is 4.17. The van der Waals surface area contributed by atoms with E-state index >= 15 is 0 Å². The minimum absolute atomic E-state index is 0.0115. The molecule has 8 heteroatoms. The lowest BCUT2D eigenvalue weighted by molar-refractivity contribution is 0.499. The van der Waals surface area contributed by atoms with Gasteiger partial charge in [-0.2, -0.15) is 5.26 Å². The maximum Gasteiger partial charge on any atom is 0.141 e. The van der Waals surface area contributed by atoms with Crippen molar-refractivity contribution in [3.8, 4) is 28.5 Å². The molecule has 32 heavy (non-hydrogen) atoms. The second kappa shape index (κ2) is 8.02. The zero-order chi connectivity index (χ0) is 22.2. The third kappa shape index (κ3) is 3.57. The predicted molar refractivity (Wildman–Crippen MR) is 121 cm³/mol. The van der Waals surface area contributed by atoms with Crippen LogP contribution >= 0.6 is 0 Å². The monoisotopic (exact) mass is 427 g/mol. The van der Waals surface area contributed by atoms with Gasteiger partial charge in [-0.3, -0.25) is 0 Å². The van der Waals surface area contributed by atoms with E-state index in [2.05, 4.69) is 15.2 Å². The number of anilines is 1. The zero-order valence-corrected chi connectivity index (χ0v) is 17.7. The number of nitriles is 1. The van der Waals surface area contributed by atoms with Crippen LogP contribution < -0.4 is 10.6 Å². The summed E-state index contributed by atoms with van der Waals surface area (Å²) in [6.45, 7) is 1.67. The van der Waals surface area contributed by atoms with Crippen LogP contribution in [0.2, 0.25) is 0 Å². The summed E-state index contributed by atoms with van der Waals surface area (Å²) in [7, 11) is 1.85. The van der Waals surface area contributed by atoms with Gasteiger partial charge in [-0.25, -0.2) is 14.1 Å². The van der Waals surface area contributed by atoms with Gasteiger partial charge in [-0.1, -0.05) is 17.3 Å². The van der Waals surface area contributed by atoms with Crippen LogP contribution in [0.1, 0.15) is 18.4 Å². The highest BCUT2D eigenvalue weighted by atomic mass is 19.1. The first-order chi connectivity index (χ1) is 15.5. The Morgan fingerprint density at radius 1 is 1.06 bits per heavy atom. The average Bonchev–Trinajstić information content (AvgIpc) is 3.19. The van der Waals surface area contributed by atoms with E-state index in [0.717, 1.165) is 53.9 Å². The minimum Gasteiger partial charge on any atom is -0.356 e. The average molecular weight is 427 g/mol. The minimum atomic E-state index is -0.559. The maximum atomic E-state index is 14.5. The number of pyridine rings is 1. The molecule has 0 amide bonds. The number of hydrogen-bond acceptors (Lipinski definition) is 6. The van der Waals surface area contributed by atoms with Gasteiger partial charge in [0.25, 0.3) is 0 Å². The molecule has 1 aliphatic rings. The molecular formula is C24H22FN7. The van der Waals surface area contributed by atoms with Crippen molar-refractivity contribution in [2.24, 2.45) is 12.8 Å². The summed E-state index contributed by atoms with van der Waals surface area (Å²) >= 11 is 0. The Balaban J connectivity index is 1.65. The van der Waals surface area contributed by atoms with Crippen molar-refractivity contribution in [1.82, 2.24) is 20.0 Å². The van der Waals surface area contributed by atoms with Crippen LogP contribution in [-0.2, 0) is 7.05 Å². The highest BCUT2D eigenvalue weighted by Gasteiger charge is 2.20. The summed E-state index contributed by atoms with van der Waals surface area (Å²) in [5, 5.41) is 17.4. The Bertz CT molecular complexity index is 1350. The molecule has 1 aliphatic heterocycles. The maximum absolute atomic E-state index is 14.5. The first-order valence-corrected chi connectivity index (χ1v) is 10.5. The summed E-state index contributed by atoms with van der Waals surface area (Å²) in [5.74, 6) is 0.275. The van der Waals surface area contributed by atoms with Crippen LogP contribution in [0.15, 0.2) is 48.5 Å². The summed E-state index contributed by atoms with van der Waals surface area (Å²) in [4.78, 5) is 7.16. The molecule has 0 atom stereocenters. The van der Waals surface area contributed by atoms with Gasteiger partial charge in [-0.15, -0.1) is 5.10 Å². The van der Waals surface area contributed by atoms with Crippen LogP contribution in [0.4, 0.5) is 10.2 Å². The number of hydrogen-bond donors (Lipinski definition) is 1. The van der Waals surface area contributed by atoms with E-state index in [1.807, 2.05) is 43.4 Å². The first-order valence-electron chi connectivity index (χ1n) is 10.5. The topological polar surface area (TPSA) is 96.7 Å². The van der Waals surface area contributed by atoms with Gasteiger partial charge in [0.1, 0.15) is 23.2 Å². The fraction of sp³-hybridized carbons (Fsp3) is 0.250. The summed E-state index contributed by atoms with van der Waals surface area (Å²) in [5.41, 5.74) is 10.8. The van der Waals surface area contributed by atoms with Crippen LogP contribution in [0.5, 0.6) is 0 Å². The Morgan fingerprint density at radius 3 is 2.59 bits per heavy atom. The van der Waals surface area contributed by atoms with Crippen molar-refractivity contribution in [2.75, 3.05) is 18.0 Å². The number of benzene rings is 2. The summed E-state index contributed by atoms with van der Waals surface area (Å²) in [6, 6.07) is 16.6. The van der Waals surface area contributed by atoms with Crippen molar-refractivity contribution in [1.29, 1.82) is 5.26 Å². The van der Waals surface area contributed by atoms with Crippen molar-refractivity contribution >= 4 is 16.9 Å². The van der Waals surface area contributed by atoms with E-state index in [0.29, 0.717) is 11.3 Å². The number of halogens is 1. The van der Waals surface area contributed by atoms with Crippen LogP contribution in [-0.4, -0.2) is 39.1 Å². The molecule has 1 saturated heterocycles. The van der Waals surface area contributed by atoms with Gasteiger partial charge in [-0.05, 0) is 54.8 Å². The number of aromatic nitrogens is 4. The van der Waals surface area contributed by atoms with Crippen molar-refractivity contribution in [3.05, 3.63) is 59.9 Å².